The van der Waals surface area contributed by atoms with E-state index in [1.54, 1.807) is 13.0 Å². The minimum absolute atomic E-state index is 0.288. The molecular formula is C14H18O3. The van der Waals surface area contributed by atoms with Gasteiger partial charge in [0.15, 0.2) is 0 Å². The third-order valence-electron chi connectivity index (χ3n) is 2.63. The van der Waals surface area contributed by atoms with Gasteiger partial charge in [-0.05, 0) is 49.9 Å². The number of rotatable bonds is 6. The molecule has 1 aromatic carbocycles. The number of aryl methyl sites for hydroxylation is 2. The van der Waals surface area contributed by atoms with Crippen LogP contribution < -0.4 is 0 Å². The zero-order chi connectivity index (χ0) is 12.7. The highest BCUT2D eigenvalue weighted by Crippen LogP contribution is 2.14. The van der Waals surface area contributed by atoms with E-state index in [0.717, 1.165) is 30.3 Å². The molecule has 0 spiro atoms. The summed E-state index contributed by atoms with van der Waals surface area (Å²) in [5.74, 6) is -0.288. The van der Waals surface area contributed by atoms with Gasteiger partial charge in [0.2, 0.25) is 0 Å². The first-order valence-corrected chi connectivity index (χ1v) is 5.89. The molecule has 92 valence electrons. The fourth-order valence-electron chi connectivity index (χ4n) is 1.66. The molecule has 0 aromatic heterocycles. The molecule has 0 saturated heterocycles. The molecule has 0 amide bonds. The molecular weight excluding hydrogens is 216 g/mol. The lowest BCUT2D eigenvalue weighted by Gasteiger charge is -2.07. The molecule has 0 N–H and O–H groups in total. The summed E-state index contributed by atoms with van der Waals surface area (Å²) in [5, 5.41) is 0. The normalized spacial score (nSPS) is 10.0. The Balaban J connectivity index is 2.78. The lowest BCUT2D eigenvalue weighted by molar-refractivity contribution is -0.107. The van der Waals surface area contributed by atoms with Crippen LogP contribution in [-0.2, 0) is 16.0 Å². The molecule has 1 aromatic rings. The van der Waals surface area contributed by atoms with Crippen molar-refractivity contribution in [3.05, 3.63) is 34.9 Å². The molecule has 0 saturated carbocycles. The minimum Gasteiger partial charge on any atom is -0.462 e. The summed E-state index contributed by atoms with van der Waals surface area (Å²) in [7, 11) is 0. The molecule has 0 heterocycles. The van der Waals surface area contributed by atoms with Gasteiger partial charge in [-0.1, -0.05) is 6.07 Å². The number of carbonyl (C=O) groups is 2. The van der Waals surface area contributed by atoms with Crippen LogP contribution in [0.25, 0.3) is 0 Å². The second-order valence-corrected chi connectivity index (χ2v) is 3.92. The van der Waals surface area contributed by atoms with Gasteiger partial charge in [-0.2, -0.15) is 0 Å². The first-order valence-electron chi connectivity index (χ1n) is 5.89. The molecule has 0 aliphatic carbocycles. The maximum absolute atomic E-state index is 11.6. The van der Waals surface area contributed by atoms with Crippen molar-refractivity contribution in [1.82, 2.24) is 0 Å². The summed E-state index contributed by atoms with van der Waals surface area (Å²) < 4.78 is 4.95. The van der Waals surface area contributed by atoms with E-state index in [-0.39, 0.29) is 5.97 Å². The molecule has 0 atom stereocenters. The number of ether oxygens (including phenoxy) is 1. The van der Waals surface area contributed by atoms with Crippen LogP contribution in [0.5, 0.6) is 0 Å². The molecule has 3 heteroatoms. The Morgan fingerprint density at radius 1 is 1.41 bits per heavy atom. The topological polar surface area (TPSA) is 43.4 Å². The Labute approximate surface area is 102 Å². The summed E-state index contributed by atoms with van der Waals surface area (Å²) >= 11 is 0. The van der Waals surface area contributed by atoms with Gasteiger partial charge < -0.3 is 9.53 Å². The fourth-order valence-corrected chi connectivity index (χ4v) is 1.66. The lowest BCUT2D eigenvalue weighted by Crippen LogP contribution is -2.05. The van der Waals surface area contributed by atoms with Gasteiger partial charge in [-0.3, -0.25) is 0 Å². The van der Waals surface area contributed by atoms with Crippen LogP contribution in [0.3, 0.4) is 0 Å². The summed E-state index contributed by atoms with van der Waals surface area (Å²) in [5.41, 5.74) is 2.83. The summed E-state index contributed by atoms with van der Waals surface area (Å²) in [6.45, 7) is 4.18. The van der Waals surface area contributed by atoms with Gasteiger partial charge in [-0.15, -0.1) is 0 Å². The standard InChI is InChI=1S/C14H18O3/c1-3-17-14(16)13-8-7-11(2)12(10-13)6-4-5-9-15/h7-10H,3-6H2,1-2H3. The average molecular weight is 234 g/mol. The zero-order valence-electron chi connectivity index (χ0n) is 10.4. The summed E-state index contributed by atoms with van der Waals surface area (Å²) in [6, 6.07) is 5.55. The average Bonchev–Trinajstić information content (AvgIpc) is 2.32. The van der Waals surface area contributed by atoms with Crippen molar-refractivity contribution in [3.63, 3.8) is 0 Å². The van der Waals surface area contributed by atoms with E-state index in [1.807, 2.05) is 19.1 Å². The molecule has 0 aliphatic heterocycles. The highest BCUT2D eigenvalue weighted by atomic mass is 16.5. The molecule has 0 fully saturated rings. The Bertz CT molecular complexity index is 396. The van der Waals surface area contributed by atoms with Crippen LogP contribution in [0.4, 0.5) is 0 Å². The smallest absolute Gasteiger partial charge is 0.338 e. The number of hydrogen-bond acceptors (Lipinski definition) is 3. The molecule has 0 unspecified atom stereocenters. The van der Waals surface area contributed by atoms with Crippen molar-refractivity contribution in [2.24, 2.45) is 0 Å². The maximum Gasteiger partial charge on any atom is 0.338 e. The van der Waals surface area contributed by atoms with Crippen LogP contribution in [0.2, 0.25) is 0 Å². The van der Waals surface area contributed by atoms with Crippen molar-refractivity contribution in [1.29, 1.82) is 0 Å². The van der Waals surface area contributed by atoms with Gasteiger partial charge in [-0.25, -0.2) is 4.79 Å². The predicted octanol–water partition coefficient (Wildman–Crippen LogP) is 2.69. The van der Waals surface area contributed by atoms with Gasteiger partial charge in [0, 0.05) is 6.42 Å². The maximum atomic E-state index is 11.6. The molecule has 0 radical (unpaired) electrons. The highest BCUT2D eigenvalue weighted by molar-refractivity contribution is 5.89. The van der Waals surface area contributed by atoms with Gasteiger partial charge in [0.05, 0.1) is 12.2 Å². The number of aldehydes is 1. The zero-order valence-corrected chi connectivity index (χ0v) is 10.4. The van der Waals surface area contributed by atoms with Crippen molar-refractivity contribution >= 4 is 12.3 Å². The van der Waals surface area contributed by atoms with Crippen molar-refractivity contribution in [2.75, 3.05) is 6.61 Å². The van der Waals surface area contributed by atoms with Crippen LogP contribution in [0, 0.1) is 6.92 Å². The van der Waals surface area contributed by atoms with Gasteiger partial charge in [0.1, 0.15) is 6.29 Å². The van der Waals surface area contributed by atoms with E-state index < -0.39 is 0 Å². The molecule has 1 rings (SSSR count). The van der Waals surface area contributed by atoms with Crippen LogP contribution in [0.15, 0.2) is 18.2 Å². The molecule has 0 bridgehead atoms. The van der Waals surface area contributed by atoms with E-state index in [9.17, 15) is 9.59 Å². The summed E-state index contributed by atoms with van der Waals surface area (Å²) in [4.78, 5) is 21.8. The van der Waals surface area contributed by atoms with E-state index in [4.69, 9.17) is 4.74 Å². The Kier molecular flexibility index (Phi) is 5.40. The first kappa shape index (κ1) is 13.4. The van der Waals surface area contributed by atoms with E-state index in [0.29, 0.717) is 18.6 Å². The molecule has 3 nitrogen and oxygen atoms in total. The van der Waals surface area contributed by atoms with Crippen molar-refractivity contribution < 1.29 is 14.3 Å². The van der Waals surface area contributed by atoms with E-state index >= 15 is 0 Å². The first-order chi connectivity index (χ1) is 8.19. The van der Waals surface area contributed by atoms with E-state index in [1.165, 1.54) is 0 Å². The second kappa shape index (κ2) is 6.84. The third kappa shape index (κ3) is 4.02. The Morgan fingerprint density at radius 3 is 2.82 bits per heavy atom. The van der Waals surface area contributed by atoms with Gasteiger partial charge in [0.25, 0.3) is 0 Å². The second-order valence-electron chi connectivity index (χ2n) is 3.92. The minimum atomic E-state index is -0.288. The number of esters is 1. The number of carbonyl (C=O) groups excluding carboxylic acids is 2. The summed E-state index contributed by atoms with van der Waals surface area (Å²) in [6.07, 6.45) is 3.11. The highest BCUT2D eigenvalue weighted by Gasteiger charge is 2.08. The SMILES string of the molecule is CCOC(=O)c1ccc(C)c(CCCC=O)c1. The Morgan fingerprint density at radius 2 is 2.18 bits per heavy atom. The van der Waals surface area contributed by atoms with E-state index in [2.05, 4.69) is 0 Å². The third-order valence-corrected chi connectivity index (χ3v) is 2.63. The number of benzene rings is 1. The van der Waals surface area contributed by atoms with Crippen LogP contribution >= 0.6 is 0 Å². The van der Waals surface area contributed by atoms with Crippen LogP contribution in [0.1, 0.15) is 41.3 Å². The van der Waals surface area contributed by atoms with Crippen LogP contribution in [-0.4, -0.2) is 18.9 Å². The predicted molar refractivity (Wildman–Crippen MR) is 66.1 cm³/mol. The molecule has 0 aliphatic rings. The van der Waals surface area contributed by atoms with Gasteiger partial charge >= 0.3 is 5.97 Å². The van der Waals surface area contributed by atoms with Crippen molar-refractivity contribution in [2.45, 2.75) is 33.1 Å². The fraction of sp³-hybridized carbons (Fsp3) is 0.429. The largest absolute Gasteiger partial charge is 0.462 e. The molecule has 17 heavy (non-hydrogen) atoms. The lowest BCUT2D eigenvalue weighted by atomic mass is 10.0. The number of hydrogen-bond donors (Lipinski definition) is 0. The quantitative estimate of drug-likeness (QED) is 0.432. The van der Waals surface area contributed by atoms with Crippen molar-refractivity contribution in [3.8, 4) is 0 Å². The monoisotopic (exact) mass is 234 g/mol. The Hall–Kier alpha value is -1.64. The number of unbranched alkanes of at least 4 members (excludes halogenated alkanes) is 1.